The highest BCUT2D eigenvalue weighted by Gasteiger charge is 2.25. The smallest absolute Gasteiger partial charge is 0.271 e. The summed E-state index contributed by atoms with van der Waals surface area (Å²) in [6.45, 7) is 0.640. The molecule has 88 valence electrons. The number of nitrogens with zero attached hydrogens (tertiary/aromatic N) is 2. The Morgan fingerprint density at radius 1 is 1.35 bits per heavy atom. The Morgan fingerprint density at radius 2 is 2.12 bits per heavy atom. The van der Waals surface area contributed by atoms with Crippen LogP contribution in [-0.2, 0) is 13.6 Å². The van der Waals surface area contributed by atoms with Crippen LogP contribution in [0.2, 0.25) is 0 Å². The van der Waals surface area contributed by atoms with Gasteiger partial charge in [0, 0.05) is 24.1 Å². The maximum absolute atomic E-state index is 11.9. The van der Waals surface area contributed by atoms with Crippen molar-refractivity contribution >= 4 is 21.6 Å². The van der Waals surface area contributed by atoms with Crippen molar-refractivity contribution in [2.24, 2.45) is 7.05 Å². The quantitative estimate of drug-likeness (QED) is 0.808. The summed E-state index contributed by atoms with van der Waals surface area (Å²) in [7, 11) is 3.75. The number of fused-ring (bicyclic) bond motifs is 3. The van der Waals surface area contributed by atoms with Gasteiger partial charge in [-0.25, -0.2) is 0 Å². The van der Waals surface area contributed by atoms with Gasteiger partial charge in [-0.1, -0.05) is 12.1 Å². The Morgan fingerprint density at radius 3 is 2.88 bits per heavy atom. The van der Waals surface area contributed by atoms with Gasteiger partial charge in [-0.15, -0.1) is 0 Å². The van der Waals surface area contributed by atoms with E-state index in [2.05, 4.69) is 25.9 Å². The lowest BCUT2D eigenvalue weighted by Crippen LogP contribution is -2.26. The molecule has 0 unspecified atom stereocenters. The van der Waals surface area contributed by atoms with Crippen molar-refractivity contribution in [2.75, 3.05) is 11.9 Å². The Hall–Kier alpha value is -1.49. The summed E-state index contributed by atoms with van der Waals surface area (Å²) in [5.74, 6) is 0. The van der Waals surface area contributed by atoms with E-state index in [0.29, 0.717) is 6.54 Å². The highest BCUT2D eigenvalue weighted by atomic mass is 79.9. The molecule has 1 aromatic carbocycles. The molecule has 17 heavy (non-hydrogen) atoms. The van der Waals surface area contributed by atoms with E-state index in [-0.39, 0.29) is 5.56 Å². The van der Waals surface area contributed by atoms with E-state index >= 15 is 0 Å². The molecule has 3 rings (SSSR count). The van der Waals surface area contributed by atoms with Crippen LogP contribution in [0.4, 0.5) is 5.69 Å². The number of nitrogens with one attached hydrogen (secondary N) is 1. The molecule has 1 aliphatic heterocycles. The van der Waals surface area contributed by atoms with Crippen LogP contribution in [0.1, 0.15) is 5.56 Å². The zero-order chi connectivity index (χ0) is 12.2. The molecule has 0 atom stereocenters. The Bertz CT molecular complexity index is 656. The van der Waals surface area contributed by atoms with E-state index in [9.17, 15) is 4.79 Å². The second kappa shape index (κ2) is 3.50. The first-order valence-corrected chi connectivity index (χ1v) is 6.17. The van der Waals surface area contributed by atoms with Crippen molar-refractivity contribution < 1.29 is 0 Å². The molecule has 2 aromatic rings. The highest BCUT2D eigenvalue weighted by Crippen LogP contribution is 2.40. The number of hydrogen-bond acceptors (Lipinski definition) is 2. The first-order chi connectivity index (χ1) is 8.09. The molecule has 0 bridgehead atoms. The van der Waals surface area contributed by atoms with Crippen molar-refractivity contribution in [3.63, 3.8) is 0 Å². The normalized spacial score (nSPS) is 13.5. The molecule has 1 aromatic heterocycles. The molecule has 2 heterocycles. The third-order valence-corrected chi connectivity index (χ3v) is 3.82. The molecule has 0 fully saturated rings. The maximum atomic E-state index is 11.9. The summed E-state index contributed by atoms with van der Waals surface area (Å²) in [5, 5.41) is 3.13. The van der Waals surface area contributed by atoms with Gasteiger partial charge < -0.3 is 4.90 Å². The van der Waals surface area contributed by atoms with E-state index in [1.54, 1.807) is 7.05 Å². The lowest BCUT2D eigenvalue weighted by Gasteiger charge is -2.27. The number of aryl methyl sites for hydroxylation is 1. The first-order valence-electron chi connectivity index (χ1n) is 5.37. The SMILES string of the molecule is CN1Cc2c([nH]n(C)c2=O)-c2cccc(Br)c21. The number of anilines is 1. The van der Waals surface area contributed by atoms with Gasteiger partial charge in [0.2, 0.25) is 0 Å². The van der Waals surface area contributed by atoms with Crippen molar-refractivity contribution in [3.05, 3.63) is 38.6 Å². The van der Waals surface area contributed by atoms with Crippen LogP contribution in [-0.4, -0.2) is 16.8 Å². The predicted molar refractivity (Wildman–Crippen MR) is 71.3 cm³/mol. The Kier molecular flexibility index (Phi) is 2.19. The molecule has 0 saturated heterocycles. The molecular weight excluding hydrogens is 282 g/mol. The van der Waals surface area contributed by atoms with E-state index < -0.39 is 0 Å². The molecule has 5 heteroatoms. The van der Waals surface area contributed by atoms with Crippen LogP contribution in [0.5, 0.6) is 0 Å². The molecule has 4 nitrogen and oxygen atoms in total. The average Bonchev–Trinajstić information content (AvgIpc) is 2.57. The van der Waals surface area contributed by atoms with Gasteiger partial charge in [0.15, 0.2) is 0 Å². The minimum Gasteiger partial charge on any atom is -0.369 e. The van der Waals surface area contributed by atoms with E-state index in [4.69, 9.17) is 0 Å². The van der Waals surface area contributed by atoms with Crippen LogP contribution in [0, 0.1) is 0 Å². The summed E-state index contributed by atoms with van der Waals surface area (Å²) in [6.07, 6.45) is 0. The third-order valence-electron chi connectivity index (χ3n) is 3.18. The molecule has 0 amide bonds. The van der Waals surface area contributed by atoms with Gasteiger partial charge in [-0.05, 0) is 22.0 Å². The largest absolute Gasteiger partial charge is 0.369 e. The molecular formula is C12H12BrN3O. The van der Waals surface area contributed by atoms with Gasteiger partial charge in [-0.3, -0.25) is 14.6 Å². The second-order valence-corrected chi connectivity index (χ2v) is 5.18. The van der Waals surface area contributed by atoms with Crippen molar-refractivity contribution in [1.29, 1.82) is 0 Å². The highest BCUT2D eigenvalue weighted by molar-refractivity contribution is 9.10. The first kappa shape index (κ1) is 10.7. The minimum atomic E-state index is 0.0532. The summed E-state index contributed by atoms with van der Waals surface area (Å²) in [6, 6.07) is 6.03. The van der Waals surface area contributed by atoms with Crippen LogP contribution in [0.25, 0.3) is 11.3 Å². The van der Waals surface area contributed by atoms with E-state index in [0.717, 1.165) is 27.0 Å². The second-order valence-electron chi connectivity index (χ2n) is 4.32. The number of aromatic nitrogens is 2. The minimum absolute atomic E-state index is 0.0532. The van der Waals surface area contributed by atoms with Crippen LogP contribution >= 0.6 is 15.9 Å². The average molecular weight is 294 g/mol. The zero-order valence-electron chi connectivity index (χ0n) is 9.62. The molecule has 0 spiro atoms. The van der Waals surface area contributed by atoms with Gasteiger partial charge in [0.1, 0.15) is 0 Å². The summed E-state index contributed by atoms with van der Waals surface area (Å²) in [4.78, 5) is 14.0. The van der Waals surface area contributed by atoms with Gasteiger partial charge >= 0.3 is 0 Å². The van der Waals surface area contributed by atoms with Crippen molar-refractivity contribution in [2.45, 2.75) is 6.54 Å². The predicted octanol–water partition coefficient (Wildman–Crippen LogP) is 2.09. The topological polar surface area (TPSA) is 41.0 Å². The number of benzene rings is 1. The molecule has 0 saturated carbocycles. The number of para-hydroxylation sites is 1. The molecule has 1 N–H and O–H groups in total. The van der Waals surface area contributed by atoms with Crippen molar-refractivity contribution in [1.82, 2.24) is 9.78 Å². The lowest BCUT2D eigenvalue weighted by molar-refractivity contribution is 0.740. The van der Waals surface area contributed by atoms with Gasteiger partial charge in [-0.2, -0.15) is 0 Å². The fourth-order valence-electron chi connectivity index (χ4n) is 2.39. The summed E-state index contributed by atoms with van der Waals surface area (Å²) in [5.41, 5.74) is 4.02. The number of halogens is 1. The Balaban J connectivity index is 2.38. The number of aromatic amines is 1. The molecule has 1 aliphatic rings. The number of H-pyrrole nitrogens is 1. The monoisotopic (exact) mass is 293 g/mol. The van der Waals surface area contributed by atoms with Gasteiger partial charge in [0.25, 0.3) is 5.56 Å². The molecule has 0 aliphatic carbocycles. The standard InChI is InChI=1S/C12H12BrN3O/c1-15-6-8-10(14-16(2)12(8)17)7-4-3-5-9(13)11(7)15/h3-5,14H,6H2,1-2H3. The van der Waals surface area contributed by atoms with Crippen LogP contribution in [0.15, 0.2) is 27.5 Å². The summed E-state index contributed by atoms with van der Waals surface area (Å²) >= 11 is 3.56. The van der Waals surface area contributed by atoms with Crippen LogP contribution < -0.4 is 10.5 Å². The Labute approximate surface area is 107 Å². The molecule has 0 radical (unpaired) electrons. The lowest BCUT2D eigenvalue weighted by atomic mass is 10.0. The number of hydrogen-bond donors (Lipinski definition) is 1. The fourth-order valence-corrected chi connectivity index (χ4v) is 3.05. The summed E-state index contributed by atoms with van der Waals surface area (Å²) < 4.78 is 2.59. The number of rotatable bonds is 0. The van der Waals surface area contributed by atoms with Crippen molar-refractivity contribution in [3.8, 4) is 11.3 Å². The van der Waals surface area contributed by atoms with E-state index in [1.807, 2.05) is 25.2 Å². The zero-order valence-corrected chi connectivity index (χ0v) is 11.2. The van der Waals surface area contributed by atoms with Crippen LogP contribution in [0.3, 0.4) is 0 Å². The fraction of sp³-hybridized carbons (Fsp3) is 0.250. The van der Waals surface area contributed by atoms with E-state index in [1.165, 1.54) is 4.68 Å². The maximum Gasteiger partial charge on any atom is 0.271 e. The third kappa shape index (κ3) is 1.38. The van der Waals surface area contributed by atoms with Gasteiger partial charge in [0.05, 0.1) is 23.5 Å².